The number of likely N-dealkylation sites (tertiary alicyclic amines) is 1. The number of hydrogen-bond donors (Lipinski definition) is 1. The summed E-state index contributed by atoms with van der Waals surface area (Å²) in [4.78, 5) is 16.9. The van der Waals surface area contributed by atoms with Gasteiger partial charge in [-0.1, -0.05) is 6.07 Å². The van der Waals surface area contributed by atoms with Gasteiger partial charge in [0, 0.05) is 11.9 Å². The van der Waals surface area contributed by atoms with Crippen molar-refractivity contribution >= 4 is 5.97 Å². The maximum Gasteiger partial charge on any atom is 0.317 e. The Bertz CT molecular complexity index is 381. The Morgan fingerprint density at radius 1 is 1.47 bits per heavy atom. The standard InChI is InChI=1S/C13H18N2O2/c1-10-2-3-12(8-14-10)11-4-6-15(7-5-11)9-13(16)17/h2-3,8,11H,4-7,9H2,1H3,(H,16,17). The van der Waals surface area contributed by atoms with Crippen molar-refractivity contribution in [3.8, 4) is 0 Å². The molecule has 0 spiro atoms. The lowest BCUT2D eigenvalue weighted by molar-refractivity contribution is -0.138. The van der Waals surface area contributed by atoms with Crippen molar-refractivity contribution < 1.29 is 9.90 Å². The topological polar surface area (TPSA) is 53.4 Å². The Morgan fingerprint density at radius 3 is 2.71 bits per heavy atom. The van der Waals surface area contributed by atoms with Crippen LogP contribution in [0.5, 0.6) is 0 Å². The summed E-state index contributed by atoms with van der Waals surface area (Å²) in [5, 5.41) is 8.73. The van der Waals surface area contributed by atoms with Gasteiger partial charge in [-0.25, -0.2) is 0 Å². The molecule has 1 N–H and O–H groups in total. The average Bonchev–Trinajstić information content (AvgIpc) is 2.30. The zero-order valence-electron chi connectivity index (χ0n) is 10.1. The number of aromatic nitrogens is 1. The number of pyridine rings is 1. The van der Waals surface area contributed by atoms with Gasteiger partial charge >= 0.3 is 5.97 Å². The molecule has 17 heavy (non-hydrogen) atoms. The summed E-state index contributed by atoms with van der Waals surface area (Å²) in [6, 6.07) is 4.18. The van der Waals surface area contributed by atoms with Crippen LogP contribution in [0.25, 0.3) is 0 Å². The molecule has 92 valence electrons. The number of rotatable bonds is 3. The van der Waals surface area contributed by atoms with Crippen molar-refractivity contribution in [3.63, 3.8) is 0 Å². The number of aliphatic carboxylic acids is 1. The number of carbonyl (C=O) groups is 1. The van der Waals surface area contributed by atoms with E-state index < -0.39 is 5.97 Å². The smallest absolute Gasteiger partial charge is 0.317 e. The van der Waals surface area contributed by atoms with Gasteiger partial charge in [0.05, 0.1) is 6.54 Å². The predicted molar refractivity (Wildman–Crippen MR) is 65.0 cm³/mol. The second kappa shape index (κ2) is 5.27. The van der Waals surface area contributed by atoms with Gasteiger partial charge in [0.1, 0.15) is 0 Å². The van der Waals surface area contributed by atoms with Crippen molar-refractivity contribution in [1.29, 1.82) is 0 Å². The average molecular weight is 234 g/mol. The molecule has 2 rings (SSSR count). The Morgan fingerprint density at radius 2 is 2.18 bits per heavy atom. The Labute approximate surface area is 101 Å². The van der Waals surface area contributed by atoms with Gasteiger partial charge in [-0.3, -0.25) is 14.7 Å². The van der Waals surface area contributed by atoms with E-state index in [4.69, 9.17) is 5.11 Å². The van der Waals surface area contributed by atoms with Crippen LogP contribution in [0.3, 0.4) is 0 Å². The first-order chi connectivity index (χ1) is 8.15. The van der Waals surface area contributed by atoms with E-state index in [1.807, 2.05) is 24.1 Å². The molecule has 0 radical (unpaired) electrons. The third-order valence-electron chi connectivity index (χ3n) is 3.35. The Kier molecular flexibility index (Phi) is 3.74. The van der Waals surface area contributed by atoms with E-state index >= 15 is 0 Å². The van der Waals surface area contributed by atoms with Crippen LogP contribution in [0.1, 0.15) is 30.0 Å². The summed E-state index contributed by atoms with van der Waals surface area (Å²) < 4.78 is 0. The Balaban J connectivity index is 1.90. The predicted octanol–water partition coefficient (Wildman–Crippen LogP) is 1.65. The number of carboxylic acid groups (broad SMARTS) is 1. The largest absolute Gasteiger partial charge is 0.480 e. The summed E-state index contributed by atoms with van der Waals surface area (Å²) in [5.41, 5.74) is 2.32. The molecule has 4 heteroatoms. The number of piperidine rings is 1. The van der Waals surface area contributed by atoms with Gasteiger partial charge in [0.2, 0.25) is 0 Å². The molecule has 0 aliphatic carbocycles. The molecule has 0 amide bonds. The highest BCUT2D eigenvalue weighted by atomic mass is 16.4. The van der Waals surface area contributed by atoms with Crippen molar-refractivity contribution in [2.75, 3.05) is 19.6 Å². The summed E-state index contributed by atoms with van der Waals surface area (Å²) in [6.07, 6.45) is 4.00. The summed E-state index contributed by atoms with van der Waals surface area (Å²) in [7, 11) is 0. The molecule has 0 atom stereocenters. The van der Waals surface area contributed by atoms with Crippen LogP contribution in [0.4, 0.5) is 0 Å². The van der Waals surface area contributed by atoms with Crippen LogP contribution in [0.15, 0.2) is 18.3 Å². The highest BCUT2D eigenvalue weighted by Gasteiger charge is 2.21. The molecular formula is C13H18N2O2. The van der Waals surface area contributed by atoms with Crippen LogP contribution in [-0.2, 0) is 4.79 Å². The molecule has 0 bridgehead atoms. The number of aryl methyl sites for hydroxylation is 1. The lowest BCUT2D eigenvalue weighted by Crippen LogP contribution is -2.36. The van der Waals surface area contributed by atoms with Gasteiger partial charge in [-0.15, -0.1) is 0 Å². The van der Waals surface area contributed by atoms with Crippen LogP contribution in [0, 0.1) is 6.92 Å². The quantitative estimate of drug-likeness (QED) is 0.864. The zero-order chi connectivity index (χ0) is 12.3. The number of carboxylic acids is 1. The lowest BCUT2D eigenvalue weighted by Gasteiger charge is -2.30. The highest BCUT2D eigenvalue weighted by Crippen LogP contribution is 2.27. The summed E-state index contributed by atoms with van der Waals surface area (Å²) in [5.74, 6) is -0.200. The third kappa shape index (κ3) is 3.27. The van der Waals surface area contributed by atoms with Crippen LogP contribution < -0.4 is 0 Å². The molecule has 1 aliphatic rings. The van der Waals surface area contributed by atoms with Crippen molar-refractivity contribution in [3.05, 3.63) is 29.6 Å². The van der Waals surface area contributed by atoms with E-state index in [9.17, 15) is 4.79 Å². The molecule has 4 nitrogen and oxygen atoms in total. The molecule has 1 aliphatic heterocycles. The highest BCUT2D eigenvalue weighted by molar-refractivity contribution is 5.69. The summed E-state index contributed by atoms with van der Waals surface area (Å²) >= 11 is 0. The second-order valence-corrected chi connectivity index (χ2v) is 4.68. The van der Waals surface area contributed by atoms with Gasteiger partial charge < -0.3 is 5.11 Å². The molecule has 1 aromatic rings. The molecule has 1 saturated heterocycles. The minimum atomic E-state index is -0.736. The fraction of sp³-hybridized carbons (Fsp3) is 0.538. The van der Waals surface area contributed by atoms with Gasteiger partial charge in [-0.2, -0.15) is 0 Å². The second-order valence-electron chi connectivity index (χ2n) is 4.68. The van der Waals surface area contributed by atoms with Crippen LogP contribution in [-0.4, -0.2) is 40.6 Å². The van der Waals surface area contributed by atoms with Crippen molar-refractivity contribution in [1.82, 2.24) is 9.88 Å². The molecule has 0 saturated carbocycles. The van der Waals surface area contributed by atoms with Crippen LogP contribution in [0.2, 0.25) is 0 Å². The van der Waals surface area contributed by atoms with E-state index in [0.29, 0.717) is 5.92 Å². The minimum absolute atomic E-state index is 0.166. The molecule has 0 unspecified atom stereocenters. The number of hydrogen-bond acceptors (Lipinski definition) is 3. The van der Waals surface area contributed by atoms with E-state index in [2.05, 4.69) is 11.1 Å². The Hall–Kier alpha value is -1.42. The molecule has 0 aromatic carbocycles. The fourth-order valence-electron chi connectivity index (χ4n) is 2.34. The third-order valence-corrected chi connectivity index (χ3v) is 3.35. The lowest BCUT2D eigenvalue weighted by atomic mass is 9.90. The maximum absolute atomic E-state index is 10.6. The van der Waals surface area contributed by atoms with E-state index in [0.717, 1.165) is 31.6 Å². The normalized spacial score (nSPS) is 18.2. The molecule has 2 heterocycles. The zero-order valence-corrected chi connectivity index (χ0v) is 10.1. The monoisotopic (exact) mass is 234 g/mol. The first-order valence-electron chi connectivity index (χ1n) is 6.02. The SMILES string of the molecule is Cc1ccc(C2CCN(CC(=O)O)CC2)cn1. The fourth-order valence-corrected chi connectivity index (χ4v) is 2.34. The first kappa shape index (κ1) is 12.0. The van der Waals surface area contributed by atoms with Crippen molar-refractivity contribution in [2.45, 2.75) is 25.7 Å². The van der Waals surface area contributed by atoms with Crippen molar-refractivity contribution in [2.24, 2.45) is 0 Å². The van der Waals surface area contributed by atoms with E-state index in [1.54, 1.807) is 0 Å². The molecular weight excluding hydrogens is 216 g/mol. The van der Waals surface area contributed by atoms with Crippen LogP contribution >= 0.6 is 0 Å². The minimum Gasteiger partial charge on any atom is -0.480 e. The van der Waals surface area contributed by atoms with E-state index in [1.165, 1.54) is 5.56 Å². The van der Waals surface area contributed by atoms with Gasteiger partial charge in [0.25, 0.3) is 0 Å². The van der Waals surface area contributed by atoms with Gasteiger partial charge in [0.15, 0.2) is 0 Å². The molecule has 1 aromatic heterocycles. The number of nitrogens with zero attached hydrogens (tertiary/aromatic N) is 2. The summed E-state index contributed by atoms with van der Waals surface area (Å²) in [6.45, 7) is 3.88. The van der Waals surface area contributed by atoms with E-state index in [-0.39, 0.29) is 6.54 Å². The van der Waals surface area contributed by atoms with Gasteiger partial charge in [-0.05, 0) is 50.4 Å². The molecule has 1 fully saturated rings. The first-order valence-corrected chi connectivity index (χ1v) is 6.02. The maximum atomic E-state index is 10.6.